The lowest BCUT2D eigenvalue weighted by molar-refractivity contribution is -0.140. The highest BCUT2D eigenvalue weighted by molar-refractivity contribution is 5.83. The first kappa shape index (κ1) is 35.7. The van der Waals surface area contributed by atoms with Crippen molar-refractivity contribution in [3.05, 3.63) is 59.5 Å². The monoisotopic (exact) mass is 688 g/mol. The molecule has 50 heavy (non-hydrogen) atoms. The first-order chi connectivity index (χ1) is 23.9. The predicted molar refractivity (Wildman–Crippen MR) is 188 cm³/mol. The van der Waals surface area contributed by atoms with E-state index in [1.54, 1.807) is 44.3 Å². The number of carbonyl (C=O) groups is 1. The second-order valence-electron chi connectivity index (χ2n) is 14.7. The van der Waals surface area contributed by atoms with Gasteiger partial charge in [0.25, 0.3) is 0 Å². The minimum Gasteiger partial charge on any atom is -0.373 e. The van der Waals surface area contributed by atoms with E-state index in [0.29, 0.717) is 46.5 Å². The third-order valence-electron chi connectivity index (χ3n) is 10.6. The number of amides is 1. The van der Waals surface area contributed by atoms with Crippen molar-refractivity contribution in [2.75, 3.05) is 57.7 Å². The van der Waals surface area contributed by atoms with Crippen LogP contribution in [0.1, 0.15) is 62.9 Å². The number of anilines is 1. The Labute approximate surface area is 292 Å². The van der Waals surface area contributed by atoms with Crippen molar-refractivity contribution in [2.24, 2.45) is 5.41 Å². The van der Waals surface area contributed by atoms with E-state index in [2.05, 4.69) is 43.7 Å². The van der Waals surface area contributed by atoms with Crippen molar-refractivity contribution in [1.82, 2.24) is 30.0 Å². The van der Waals surface area contributed by atoms with E-state index in [4.69, 9.17) is 0 Å². The molecule has 0 radical (unpaired) electrons. The number of alkyl halides is 3. The van der Waals surface area contributed by atoms with Gasteiger partial charge >= 0.3 is 6.18 Å². The Morgan fingerprint density at radius 2 is 1.86 bits per heavy atom. The number of piperidine rings is 2. The van der Waals surface area contributed by atoms with Crippen LogP contribution in [0.15, 0.2) is 42.6 Å². The van der Waals surface area contributed by atoms with Gasteiger partial charge in [0.05, 0.1) is 47.8 Å². The van der Waals surface area contributed by atoms with Crippen LogP contribution >= 0.6 is 0 Å². The molecule has 0 unspecified atom stereocenters. The number of hydrogen-bond donors (Lipinski definition) is 3. The molecule has 3 N–H and O–H groups in total. The Balaban J connectivity index is 1.01. The van der Waals surface area contributed by atoms with Crippen LogP contribution in [-0.4, -0.2) is 89.8 Å². The van der Waals surface area contributed by atoms with Crippen molar-refractivity contribution < 1.29 is 18.0 Å². The third kappa shape index (κ3) is 8.79. The van der Waals surface area contributed by atoms with Crippen molar-refractivity contribution in [1.29, 1.82) is 5.26 Å². The zero-order valence-electron chi connectivity index (χ0n) is 29.0. The number of nitriles is 1. The number of likely N-dealkylation sites (tertiary alicyclic amines) is 2. The fraction of sp³-hybridized carbons (Fsp3) is 0.553. The van der Waals surface area contributed by atoms with Crippen LogP contribution in [0.25, 0.3) is 10.9 Å². The molecular weight excluding hydrogens is 641 g/mol. The molecule has 1 aromatic carbocycles. The molecule has 12 heteroatoms. The van der Waals surface area contributed by atoms with Gasteiger partial charge in [-0.15, -0.1) is 0 Å². The molecule has 3 aliphatic rings. The number of benzene rings is 1. The smallest absolute Gasteiger partial charge is 0.373 e. The van der Waals surface area contributed by atoms with Gasteiger partial charge in [0, 0.05) is 43.1 Å². The minimum absolute atomic E-state index is 0.215. The normalized spacial score (nSPS) is 18.6. The van der Waals surface area contributed by atoms with Crippen molar-refractivity contribution >= 4 is 22.5 Å². The predicted octanol–water partition coefficient (Wildman–Crippen LogP) is 5.02. The molecule has 6 rings (SSSR count). The number of aromatic nitrogens is 2. The van der Waals surface area contributed by atoms with Crippen LogP contribution < -0.4 is 16.0 Å². The summed E-state index contributed by atoms with van der Waals surface area (Å²) in [6.45, 7) is 9.46. The number of rotatable bonds is 9. The largest absolute Gasteiger partial charge is 0.406 e. The van der Waals surface area contributed by atoms with E-state index < -0.39 is 18.1 Å². The molecule has 266 valence electrons. The molecule has 3 aliphatic heterocycles. The Morgan fingerprint density at radius 3 is 2.52 bits per heavy atom. The highest BCUT2D eigenvalue weighted by Gasteiger charge is 2.37. The van der Waals surface area contributed by atoms with Crippen LogP contribution in [0.2, 0.25) is 0 Å². The van der Waals surface area contributed by atoms with Crippen molar-refractivity contribution in [3.63, 3.8) is 0 Å². The summed E-state index contributed by atoms with van der Waals surface area (Å²) >= 11 is 0. The topological polar surface area (TPSA) is 101 Å². The van der Waals surface area contributed by atoms with Crippen LogP contribution in [0.4, 0.5) is 18.9 Å². The molecular formula is C38H47F3N8O. The lowest BCUT2D eigenvalue weighted by atomic mass is 9.78. The summed E-state index contributed by atoms with van der Waals surface area (Å²) in [5.74, 6) is 6.09. The number of carbonyl (C=O) groups excluding carboxylic acids is 1. The van der Waals surface area contributed by atoms with Crippen molar-refractivity contribution in [2.45, 2.75) is 76.7 Å². The lowest BCUT2D eigenvalue weighted by Crippen LogP contribution is -2.50. The summed E-state index contributed by atoms with van der Waals surface area (Å²) in [4.78, 5) is 21.7. The summed E-state index contributed by atoms with van der Waals surface area (Å²) < 4.78 is 42.0. The summed E-state index contributed by atoms with van der Waals surface area (Å²) in [5.41, 5.74) is 2.86. The van der Waals surface area contributed by atoms with Gasteiger partial charge in [-0.2, -0.15) is 18.4 Å². The first-order valence-corrected chi connectivity index (χ1v) is 17.7. The van der Waals surface area contributed by atoms with Crippen LogP contribution in [0.3, 0.4) is 0 Å². The number of nitrogens with one attached hydrogen (secondary N) is 3. The molecule has 0 saturated carbocycles. The van der Waals surface area contributed by atoms with E-state index in [0.717, 1.165) is 57.7 Å². The summed E-state index contributed by atoms with van der Waals surface area (Å²) in [5, 5.41) is 20.2. The fourth-order valence-electron chi connectivity index (χ4n) is 7.38. The quantitative estimate of drug-likeness (QED) is 0.272. The van der Waals surface area contributed by atoms with Gasteiger partial charge in [0.1, 0.15) is 6.54 Å². The number of pyridine rings is 1. The molecule has 2 aromatic heterocycles. The van der Waals surface area contributed by atoms with E-state index in [9.17, 15) is 23.2 Å². The fourth-order valence-corrected chi connectivity index (χ4v) is 7.38. The molecule has 1 spiro atoms. The zero-order chi connectivity index (χ0) is 35.4. The zero-order valence-corrected chi connectivity index (χ0v) is 29.0. The summed E-state index contributed by atoms with van der Waals surface area (Å²) in [6, 6.07) is 13.3. The standard InChI is InChI=1S/C38H47F3N8O/c1-36(2,25-42)34-8-6-31(23-46-34)44-14-3-4-32-21-29-20-28(5-7-33(29)49(32)27-38(39,40)41)22-45-30-9-16-48(17-10-30)35(50)24-47-18-12-37(13-19-47)11-15-43-26-37/h5-8,20-21,23,30,43-45H,9-19,22,24,26-27H2,1-2H3. The minimum atomic E-state index is -4.40. The lowest BCUT2D eigenvalue weighted by Gasteiger charge is -2.40. The number of hydrogen-bond acceptors (Lipinski definition) is 7. The molecule has 9 nitrogen and oxygen atoms in total. The molecule has 0 atom stereocenters. The number of fused-ring (bicyclic) bond motifs is 1. The Morgan fingerprint density at radius 1 is 1.08 bits per heavy atom. The summed E-state index contributed by atoms with van der Waals surface area (Å²) in [7, 11) is 0. The Bertz CT molecular complexity index is 1740. The van der Waals surface area contributed by atoms with Crippen LogP contribution in [0.5, 0.6) is 0 Å². The average molecular weight is 689 g/mol. The van der Waals surface area contributed by atoms with E-state index in [-0.39, 0.29) is 18.5 Å². The van der Waals surface area contributed by atoms with E-state index >= 15 is 0 Å². The second kappa shape index (κ2) is 15.0. The maximum absolute atomic E-state index is 13.6. The molecule has 0 bridgehead atoms. The maximum atomic E-state index is 13.6. The van der Waals surface area contributed by atoms with E-state index in [1.165, 1.54) is 23.8 Å². The Kier molecular flexibility index (Phi) is 10.7. The third-order valence-corrected chi connectivity index (χ3v) is 10.6. The second-order valence-corrected chi connectivity index (χ2v) is 14.7. The molecule has 0 aliphatic carbocycles. The highest BCUT2D eigenvalue weighted by atomic mass is 19.4. The first-order valence-electron chi connectivity index (χ1n) is 17.7. The van der Waals surface area contributed by atoms with Gasteiger partial charge in [0.15, 0.2) is 0 Å². The number of halogens is 3. The van der Waals surface area contributed by atoms with Gasteiger partial charge < -0.3 is 25.4 Å². The van der Waals surface area contributed by atoms with Crippen molar-refractivity contribution in [3.8, 4) is 17.9 Å². The van der Waals surface area contributed by atoms with Gasteiger partial charge in [-0.05, 0) is 113 Å². The Hall–Kier alpha value is -4.10. The van der Waals surface area contributed by atoms with Gasteiger partial charge in [-0.3, -0.25) is 14.7 Å². The molecule has 5 heterocycles. The van der Waals surface area contributed by atoms with Gasteiger partial charge in [-0.1, -0.05) is 12.0 Å². The maximum Gasteiger partial charge on any atom is 0.406 e. The van der Waals surface area contributed by atoms with Gasteiger partial charge in [0.2, 0.25) is 5.91 Å². The molecule has 3 saturated heterocycles. The highest BCUT2D eigenvalue weighted by Crippen LogP contribution is 2.37. The van der Waals surface area contributed by atoms with E-state index in [1.807, 2.05) is 17.0 Å². The van der Waals surface area contributed by atoms with Gasteiger partial charge in [-0.25, -0.2) is 0 Å². The van der Waals surface area contributed by atoms with Crippen LogP contribution in [0, 0.1) is 28.6 Å². The average Bonchev–Trinajstić information content (AvgIpc) is 3.70. The summed E-state index contributed by atoms with van der Waals surface area (Å²) in [6.07, 6.45) is 2.56. The van der Waals surface area contributed by atoms with Crippen LogP contribution in [-0.2, 0) is 23.3 Å². The SMILES string of the molecule is CC(C)(C#N)c1ccc(NCC#Cc2cc3cc(CNC4CCN(C(=O)CN5CCC6(CCNC6)CC5)CC4)ccc3n2CC(F)(F)F)cn1. The molecule has 3 fully saturated rings. The number of nitrogens with zero attached hydrogens (tertiary/aromatic N) is 5. The molecule has 3 aromatic rings. The molecule has 1 amide bonds.